The molecule has 15 rings (SSSR count). The Hall–Kier alpha value is -10.4. The van der Waals surface area contributed by atoms with Gasteiger partial charge in [0.15, 0.2) is 23.2 Å². The fraction of sp³-hybridized carbons (Fsp3) is 0.323. The number of ether oxygens (including phenoxy) is 4. The van der Waals surface area contributed by atoms with Gasteiger partial charge in [0.25, 0.3) is 0 Å². The normalized spacial score (nSPS) is 14.1. The van der Waals surface area contributed by atoms with E-state index in [1.807, 2.05) is 48.5 Å². The van der Waals surface area contributed by atoms with E-state index in [1.54, 1.807) is 57.2 Å². The summed E-state index contributed by atoms with van der Waals surface area (Å²) in [7, 11) is 0. The van der Waals surface area contributed by atoms with Gasteiger partial charge in [-0.15, -0.1) is 24.0 Å². The van der Waals surface area contributed by atoms with E-state index in [0.29, 0.717) is 112 Å². The molecule has 0 aliphatic carbocycles. The fourth-order valence-corrected chi connectivity index (χ4v) is 13.3. The van der Waals surface area contributed by atoms with E-state index in [0.717, 1.165) is 136 Å². The number of nitrogens with zero attached hydrogens (tertiary/aromatic N) is 2. The minimum Gasteiger partial charge on any atom is -0.870 e. The third kappa shape index (κ3) is 32.2. The molecule has 0 radical (unpaired) electrons. The summed E-state index contributed by atoms with van der Waals surface area (Å²) >= 11 is 0. The van der Waals surface area contributed by atoms with Crippen molar-refractivity contribution in [2.75, 3.05) is 39.4 Å². The van der Waals surface area contributed by atoms with Crippen LogP contribution < -0.4 is 39.0 Å². The van der Waals surface area contributed by atoms with E-state index in [1.165, 1.54) is 116 Å². The Bertz CT molecular complexity index is 5440. The summed E-state index contributed by atoms with van der Waals surface area (Å²) in [6.45, 7) is 15.6. The monoisotopic (exact) mass is 1970 g/mol. The molecule has 3 aliphatic heterocycles. The van der Waals surface area contributed by atoms with Crippen LogP contribution in [0, 0.1) is 0 Å². The van der Waals surface area contributed by atoms with E-state index in [9.17, 15) is 85.3 Å². The van der Waals surface area contributed by atoms with Crippen molar-refractivity contribution >= 4 is 42.2 Å². The number of carbonyl (C=O) groups excluding carboxylic acids is 2. The van der Waals surface area contributed by atoms with E-state index >= 15 is 0 Å². The van der Waals surface area contributed by atoms with E-state index in [-0.39, 0.29) is 85.4 Å². The van der Waals surface area contributed by atoms with Crippen molar-refractivity contribution in [1.29, 1.82) is 0 Å². The predicted octanol–water partition coefficient (Wildman–Crippen LogP) is 22.1. The minimum atomic E-state index is -4.36. The molecule has 4 N–H and O–H groups in total. The van der Waals surface area contributed by atoms with Crippen LogP contribution in [0.15, 0.2) is 240 Å². The Labute approximate surface area is 785 Å². The van der Waals surface area contributed by atoms with E-state index in [4.69, 9.17) is 51.2 Å². The third-order valence-electron chi connectivity index (χ3n) is 20.3. The molecule has 18 nitrogen and oxygen atoms in total. The molecule has 1 unspecified atom stereocenters. The van der Waals surface area contributed by atoms with Crippen LogP contribution in [0.1, 0.15) is 145 Å². The largest absolute Gasteiger partial charge is 1.00 e. The number of aliphatic carboxylic acids is 1. The van der Waals surface area contributed by atoms with Gasteiger partial charge in [-0.2, -0.15) is 65.9 Å². The average molecular weight is 1970 g/mol. The maximum absolute atomic E-state index is 12.8. The van der Waals surface area contributed by atoms with Crippen LogP contribution in [0.5, 0.6) is 11.5 Å². The molecule has 1 atom stereocenters. The Balaban J connectivity index is 0.000000255. The van der Waals surface area contributed by atoms with Crippen molar-refractivity contribution in [3.63, 3.8) is 0 Å². The average Bonchev–Trinajstić information content (AvgIpc) is 1.79. The van der Waals surface area contributed by atoms with Crippen LogP contribution >= 0.6 is 24.0 Å². The number of furan rings is 5. The van der Waals surface area contributed by atoms with Gasteiger partial charge < -0.3 is 61.8 Å². The van der Waals surface area contributed by atoms with Gasteiger partial charge in [-0.1, -0.05) is 80.2 Å². The molecule has 3 aliphatic rings. The number of fused-ring (bicyclic) bond motifs is 2. The van der Waals surface area contributed by atoms with E-state index < -0.39 is 81.8 Å². The Morgan fingerprint density at radius 3 is 0.962 bits per heavy atom. The van der Waals surface area contributed by atoms with Crippen LogP contribution in [0.3, 0.4) is 0 Å². The van der Waals surface area contributed by atoms with Crippen molar-refractivity contribution in [2.45, 2.75) is 162 Å². The predicted molar refractivity (Wildman–Crippen MR) is 464 cm³/mol. The number of halogens is 16. The molecule has 0 spiro atoms. The van der Waals surface area contributed by atoms with Gasteiger partial charge in [-0.25, -0.2) is 9.59 Å². The summed E-state index contributed by atoms with van der Waals surface area (Å²) in [5.74, 6) is 4.44. The topological polar surface area (TPSA) is 251 Å². The summed E-state index contributed by atoms with van der Waals surface area (Å²) < 4.78 is 237. The SMILES string of the molecule is C.CC(C)(Oc1ccc2c(c1)CCN(Cc1ccc(-c3ccc(C(F)(F)F)cc3)o1)CC2)C(=O)O.CC1CCCO1.CCOC(=O)C(C)(C)Oc1ccc2c(c1)CCN(Cc1ccc(-c3ccc(C(F)(F)F)cc3)o1)CC2.I.O=Cc1ccc(-c2ccc(C(F)(F)F)cc2)o1.OCc1ccc(-c2ccc(C(F)(F)F)cc2)o1.OCc1ccc(-c2ccc(C(F)(F)F)cc2)o1.[Na+].[OH-]. The first-order chi connectivity index (χ1) is 60.0. The molecule has 7 aromatic carbocycles. The number of esters is 1. The zero-order valence-electron chi connectivity index (χ0n) is 71.4. The maximum Gasteiger partial charge on any atom is 1.00 e. The van der Waals surface area contributed by atoms with Gasteiger partial charge in [-0.05, 0) is 248 Å². The van der Waals surface area contributed by atoms with Gasteiger partial charge in [0.1, 0.15) is 76.6 Å². The van der Waals surface area contributed by atoms with Crippen molar-refractivity contribution in [2.24, 2.45) is 0 Å². The molecule has 0 amide bonds. The summed E-state index contributed by atoms with van der Waals surface area (Å²) in [5.41, 5.74) is 1.65. The summed E-state index contributed by atoms with van der Waals surface area (Å²) in [6.07, 6.45) is -14.8. The number of hydrogen-bond acceptors (Lipinski definition) is 17. The fourth-order valence-electron chi connectivity index (χ4n) is 13.3. The summed E-state index contributed by atoms with van der Waals surface area (Å²) in [5, 5.41) is 26.9. The summed E-state index contributed by atoms with van der Waals surface area (Å²) in [6, 6.07) is 52.1. The first-order valence-corrected chi connectivity index (χ1v) is 40.1. The second-order valence-corrected chi connectivity index (χ2v) is 30.6. The van der Waals surface area contributed by atoms with Gasteiger partial charge in [0, 0.05) is 60.6 Å². The third-order valence-corrected chi connectivity index (χ3v) is 20.3. The number of aliphatic hydroxyl groups is 2. The molecule has 0 saturated carbocycles. The molecule has 0 bridgehead atoms. The number of benzene rings is 7. The zero-order valence-corrected chi connectivity index (χ0v) is 75.7. The minimum absolute atomic E-state index is 0. The van der Waals surface area contributed by atoms with Crippen LogP contribution in [-0.4, -0.2) is 106 Å². The Morgan fingerprint density at radius 2 is 0.710 bits per heavy atom. The quantitative estimate of drug-likeness (QED) is 0.0224. The first kappa shape index (κ1) is 109. The Morgan fingerprint density at radius 1 is 0.420 bits per heavy atom. The number of carbonyl (C=O) groups is 3. The second-order valence-electron chi connectivity index (χ2n) is 30.6. The van der Waals surface area contributed by atoms with Crippen LogP contribution in [0.2, 0.25) is 0 Å². The van der Waals surface area contributed by atoms with Crippen molar-refractivity contribution in [3.05, 3.63) is 297 Å². The van der Waals surface area contributed by atoms with Gasteiger partial charge in [-0.3, -0.25) is 14.6 Å². The molecular formula is C96H97F15IN2NaO16. The smallest absolute Gasteiger partial charge is 0.870 e. The van der Waals surface area contributed by atoms with Gasteiger partial charge in [0.2, 0.25) is 0 Å². The number of aliphatic hydroxyl groups excluding tert-OH is 2. The Kier molecular flexibility index (Phi) is 40.3. The van der Waals surface area contributed by atoms with Crippen molar-refractivity contribution in [1.82, 2.24) is 9.80 Å². The number of aldehydes is 1. The molecule has 1 fully saturated rings. The molecule has 8 heterocycles. The second kappa shape index (κ2) is 48.3. The summed E-state index contributed by atoms with van der Waals surface area (Å²) in [4.78, 5) is 38.5. The molecule has 131 heavy (non-hydrogen) atoms. The maximum atomic E-state index is 12.8. The first-order valence-electron chi connectivity index (χ1n) is 40.1. The number of rotatable bonds is 19. The molecule has 1 saturated heterocycles. The molecular weight excluding hydrogens is 1870 g/mol. The number of carboxylic acids is 1. The van der Waals surface area contributed by atoms with Crippen molar-refractivity contribution < 1.29 is 172 Å². The zero-order chi connectivity index (χ0) is 92.2. The number of alkyl halides is 15. The molecule has 5 aromatic heterocycles. The standard InChI is InChI=1S/C28H30F3NO4.C26H26F3NO4.2C12H9F3O2.C12H7F3O2.C5H10O.CH4.HI.Na.H2O/c1-4-34-26(33)27(2,3)36-23-10-7-19-13-15-32(16-14-21(19)17-23)18-24-11-12-25(35-24)20-5-8-22(9-6-20)28(29,30)31;1-25(2,24(31)32)34-21-8-5-17-11-13-30(14-12-19(17)15-21)16-22-9-10-23(33-22)18-3-6-20(7-4-18)26(27,28)29;3*13-12(14,15)9-3-1-8(2-4-9)11-6-5-10(7-16)17-11;1-5-3-2-4-6-5;;;;/h5-12,17H,4,13-16,18H2,1-3H3;3-10,15H,11-14,16H2,1-2H3,(H,31,32);2*1-6,16H,7H2;1-7H;5H,2-4H2,1H3;1H4;1H;;1H2/q;;;;;;;;+1;/p-1. The number of carboxylic acid groups (broad SMARTS) is 1. The van der Waals surface area contributed by atoms with Crippen molar-refractivity contribution in [3.8, 4) is 68.1 Å². The van der Waals surface area contributed by atoms with E-state index in [2.05, 4.69) is 16.7 Å². The van der Waals surface area contributed by atoms with Crippen LogP contribution in [-0.2, 0) is 102 Å². The van der Waals surface area contributed by atoms with Crippen LogP contribution in [0.4, 0.5) is 65.9 Å². The van der Waals surface area contributed by atoms with Crippen LogP contribution in [0.25, 0.3) is 56.6 Å². The molecule has 35 heteroatoms. The van der Waals surface area contributed by atoms with Gasteiger partial charge in [0.05, 0.1) is 53.6 Å². The molecule has 700 valence electrons. The van der Waals surface area contributed by atoms with Gasteiger partial charge >= 0.3 is 72.4 Å². The molecule has 12 aromatic rings. The number of hydrogen-bond donors (Lipinski definition) is 3.